The van der Waals surface area contributed by atoms with Crippen molar-refractivity contribution in [2.45, 2.75) is 52.9 Å². The zero-order valence-electron chi connectivity index (χ0n) is 19.8. The summed E-state index contributed by atoms with van der Waals surface area (Å²) in [4.78, 5) is 0. The fourth-order valence-electron chi connectivity index (χ4n) is 4.45. The van der Waals surface area contributed by atoms with Crippen LogP contribution in [0.1, 0.15) is 71.6 Å². The predicted molar refractivity (Wildman–Crippen MR) is 136 cm³/mol. The average Bonchev–Trinajstić information content (AvgIpc) is 2.80. The smallest absolute Gasteiger partial charge is 0.139 e. The second kappa shape index (κ2) is 10.6. The zero-order chi connectivity index (χ0) is 23.2. The Morgan fingerprint density at radius 3 is 2.06 bits per heavy atom. The van der Waals surface area contributed by atoms with Crippen LogP contribution in [-0.4, -0.2) is 0 Å². The normalized spacial score (nSPS) is 17.5. The van der Waals surface area contributed by atoms with Gasteiger partial charge in [0.15, 0.2) is 0 Å². The molecule has 0 atom stereocenters. The van der Waals surface area contributed by atoms with Crippen molar-refractivity contribution in [2.75, 3.05) is 0 Å². The minimum absolute atomic E-state index is 0.220. The monoisotopic (exact) mass is 434 g/mol. The van der Waals surface area contributed by atoms with Crippen molar-refractivity contribution in [1.29, 1.82) is 0 Å². The standard InChI is InChI=1S/C32H31F/c1-23-4-8-26(9-5-23)12-13-27-14-16-30(25(3)20-27)18-19-31-17-15-29(22-32(31)33)21-28-10-6-24(2)7-11-28/h4-5,8-9,14-17,20,22,24,28H,6-7,10-11,21H2,1-3H3. The first kappa shape index (κ1) is 22.9. The molecule has 1 aliphatic carbocycles. The molecule has 0 saturated heterocycles. The molecule has 0 amide bonds. The molecule has 3 aromatic rings. The maximum atomic E-state index is 14.7. The van der Waals surface area contributed by atoms with Crippen LogP contribution in [0.4, 0.5) is 4.39 Å². The van der Waals surface area contributed by atoms with Crippen molar-refractivity contribution in [3.63, 3.8) is 0 Å². The maximum Gasteiger partial charge on any atom is 0.139 e. The summed E-state index contributed by atoms with van der Waals surface area (Å²) in [5.74, 6) is 13.9. The van der Waals surface area contributed by atoms with Gasteiger partial charge in [0.25, 0.3) is 0 Å². The fourth-order valence-corrected chi connectivity index (χ4v) is 4.45. The van der Waals surface area contributed by atoms with Crippen LogP contribution in [0.5, 0.6) is 0 Å². The van der Waals surface area contributed by atoms with Gasteiger partial charge in [-0.2, -0.15) is 0 Å². The molecular weight excluding hydrogens is 403 g/mol. The fraction of sp³-hybridized carbons (Fsp3) is 0.312. The highest BCUT2D eigenvalue weighted by molar-refractivity contribution is 5.51. The molecule has 33 heavy (non-hydrogen) atoms. The molecular formula is C32H31F. The molecule has 0 N–H and O–H groups in total. The summed E-state index contributed by atoms with van der Waals surface area (Å²) >= 11 is 0. The van der Waals surface area contributed by atoms with Gasteiger partial charge in [-0.3, -0.25) is 0 Å². The van der Waals surface area contributed by atoms with Gasteiger partial charge < -0.3 is 0 Å². The van der Waals surface area contributed by atoms with E-state index >= 15 is 0 Å². The summed E-state index contributed by atoms with van der Waals surface area (Å²) in [5, 5.41) is 0. The second-order valence-electron chi connectivity index (χ2n) is 9.54. The van der Waals surface area contributed by atoms with Crippen LogP contribution in [0, 0.1) is 55.2 Å². The Labute approximate surface area is 198 Å². The van der Waals surface area contributed by atoms with Gasteiger partial charge in [-0.15, -0.1) is 0 Å². The third-order valence-corrected chi connectivity index (χ3v) is 6.65. The van der Waals surface area contributed by atoms with E-state index in [0.29, 0.717) is 11.5 Å². The molecule has 3 aromatic carbocycles. The van der Waals surface area contributed by atoms with E-state index in [2.05, 4.69) is 49.7 Å². The Morgan fingerprint density at radius 1 is 0.727 bits per heavy atom. The molecule has 1 aliphatic rings. The molecule has 0 unspecified atom stereocenters. The van der Waals surface area contributed by atoms with Crippen molar-refractivity contribution < 1.29 is 4.39 Å². The van der Waals surface area contributed by atoms with Gasteiger partial charge in [-0.05, 0) is 98.5 Å². The van der Waals surface area contributed by atoms with Gasteiger partial charge in [-0.1, -0.05) is 67.2 Å². The Bertz CT molecular complexity index is 1230. The zero-order valence-corrected chi connectivity index (χ0v) is 19.8. The van der Waals surface area contributed by atoms with E-state index in [4.69, 9.17) is 0 Å². The molecule has 0 heterocycles. The number of aryl methyl sites for hydroxylation is 2. The van der Waals surface area contributed by atoms with Crippen molar-refractivity contribution in [3.8, 4) is 23.7 Å². The molecule has 166 valence electrons. The first-order valence-electron chi connectivity index (χ1n) is 12.0. The summed E-state index contributed by atoms with van der Waals surface area (Å²) in [6.07, 6.45) is 6.09. The Balaban J connectivity index is 1.44. The minimum Gasteiger partial charge on any atom is -0.206 e. The molecule has 0 nitrogen and oxygen atoms in total. The quantitative estimate of drug-likeness (QED) is 0.364. The van der Waals surface area contributed by atoms with E-state index < -0.39 is 0 Å². The topological polar surface area (TPSA) is 0 Å². The summed E-state index contributed by atoms with van der Waals surface area (Å²) in [5.41, 5.74) is 6.66. The van der Waals surface area contributed by atoms with Crippen molar-refractivity contribution in [1.82, 2.24) is 0 Å². The lowest BCUT2D eigenvalue weighted by atomic mass is 9.80. The lowest BCUT2D eigenvalue weighted by molar-refractivity contribution is 0.289. The van der Waals surface area contributed by atoms with Crippen LogP contribution in [0.2, 0.25) is 0 Å². The third-order valence-electron chi connectivity index (χ3n) is 6.65. The highest BCUT2D eigenvalue weighted by Gasteiger charge is 2.18. The maximum absolute atomic E-state index is 14.7. The first-order valence-corrected chi connectivity index (χ1v) is 12.0. The molecule has 1 saturated carbocycles. The van der Waals surface area contributed by atoms with E-state index in [-0.39, 0.29) is 5.82 Å². The Hall–Kier alpha value is -3.29. The van der Waals surface area contributed by atoms with Gasteiger partial charge >= 0.3 is 0 Å². The van der Waals surface area contributed by atoms with Gasteiger partial charge in [0.2, 0.25) is 0 Å². The van der Waals surface area contributed by atoms with E-state index in [9.17, 15) is 4.39 Å². The van der Waals surface area contributed by atoms with E-state index in [1.165, 1.54) is 31.2 Å². The lowest BCUT2D eigenvalue weighted by Gasteiger charge is -2.26. The second-order valence-corrected chi connectivity index (χ2v) is 9.54. The number of halogens is 1. The van der Waals surface area contributed by atoms with E-state index in [0.717, 1.165) is 40.2 Å². The number of rotatable bonds is 2. The SMILES string of the molecule is Cc1ccc(C#Cc2ccc(C#Cc3ccc(CC4CCC(C)CC4)cc3F)c(C)c2)cc1. The molecule has 1 heteroatoms. The van der Waals surface area contributed by atoms with Gasteiger partial charge in [-0.25, -0.2) is 4.39 Å². The molecule has 4 rings (SSSR count). The number of hydrogen-bond donors (Lipinski definition) is 0. The molecule has 0 aliphatic heterocycles. The summed E-state index contributed by atoms with van der Waals surface area (Å²) in [6.45, 7) is 6.42. The van der Waals surface area contributed by atoms with E-state index in [1.54, 1.807) is 6.07 Å². The Morgan fingerprint density at radius 2 is 1.36 bits per heavy atom. The lowest BCUT2D eigenvalue weighted by Crippen LogP contribution is -2.14. The van der Waals surface area contributed by atoms with Crippen molar-refractivity contribution >= 4 is 0 Å². The number of hydrogen-bond acceptors (Lipinski definition) is 0. The largest absolute Gasteiger partial charge is 0.206 e. The Kier molecular flexibility index (Phi) is 7.32. The van der Waals surface area contributed by atoms with Crippen LogP contribution in [0.25, 0.3) is 0 Å². The molecule has 0 aromatic heterocycles. The minimum atomic E-state index is -0.220. The average molecular weight is 435 g/mol. The summed E-state index contributed by atoms with van der Waals surface area (Å²) < 4.78 is 14.7. The molecule has 0 spiro atoms. The predicted octanol–water partition coefficient (Wildman–Crippen LogP) is 7.61. The van der Waals surface area contributed by atoms with E-state index in [1.807, 2.05) is 49.4 Å². The van der Waals surface area contributed by atoms with Crippen LogP contribution < -0.4 is 0 Å². The van der Waals surface area contributed by atoms with Crippen molar-refractivity contribution in [3.05, 3.63) is 105 Å². The van der Waals surface area contributed by atoms with Crippen LogP contribution in [0.15, 0.2) is 60.7 Å². The molecule has 0 radical (unpaired) electrons. The highest BCUT2D eigenvalue weighted by atomic mass is 19.1. The molecule has 1 fully saturated rings. The van der Waals surface area contributed by atoms with Crippen LogP contribution in [0.3, 0.4) is 0 Å². The van der Waals surface area contributed by atoms with Gasteiger partial charge in [0.05, 0.1) is 5.56 Å². The number of benzene rings is 3. The highest BCUT2D eigenvalue weighted by Crippen LogP contribution is 2.30. The third kappa shape index (κ3) is 6.37. The summed E-state index contributed by atoms with van der Waals surface area (Å²) in [7, 11) is 0. The van der Waals surface area contributed by atoms with Gasteiger partial charge in [0.1, 0.15) is 5.82 Å². The van der Waals surface area contributed by atoms with Crippen molar-refractivity contribution in [2.24, 2.45) is 11.8 Å². The summed E-state index contributed by atoms with van der Waals surface area (Å²) in [6, 6.07) is 19.7. The van der Waals surface area contributed by atoms with Crippen LogP contribution in [-0.2, 0) is 6.42 Å². The van der Waals surface area contributed by atoms with Crippen LogP contribution >= 0.6 is 0 Å². The first-order chi connectivity index (χ1) is 16.0. The van der Waals surface area contributed by atoms with Gasteiger partial charge in [0, 0.05) is 16.7 Å². The molecule has 0 bridgehead atoms.